The molecule has 104 valence electrons. The molecule has 2 heteroatoms. The Morgan fingerprint density at radius 3 is 2.22 bits per heavy atom. The number of hydrogen-bond donors (Lipinski definition) is 1. The first kappa shape index (κ1) is 17.1. The van der Waals surface area contributed by atoms with Crippen molar-refractivity contribution in [1.29, 1.82) is 0 Å². The van der Waals surface area contributed by atoms with E-state index in [1.54, 1.807) is 0 Å². The number of carbonyl (C=O) groups excluding carboxylic acids is 1. The minimum Gasteiger partial charge on any atom is -0.390 e. The number of carbonyl (C=O) groups is 1. The van der Waals surface area contributed by atoms with E-state index in [-0.39, 0.29) is 0 Å². The summed E-state index contributed by atoms with van der Waals surface area (Å²) >= 11 is 0. The molecule has 0 heterocycles. The lowest BCUT2D eigenvalue weighted by molar-refractivity contribution is -0.109. The van der Waals surface area contributed by atoms with Gasteiger partial charge in [0.05, 0.1) is 5.60 Å². The van der Waals surface area contributed by atoms with Gasteiger partial charge in [0, 0.05) is 6.42 Å². The molecule has 0 amide bonds. The van der Waals surface area contributed by atoms with E-state index in [1.165, 1.54) is 11.1 Å². The normalized spacial score (nSPS) is 15.1. The van der Waals surface area contributed by atoms with Crippen LogP contribution in [-0.4, -0.2) is 17.0 Å². The molecular formula is C16H28O2. The number of hydrogen-bond acceptors (Lipinski definition) is 2. The third-order valence-corrected chi connectivity index (χ3v) is 3.07. The minimum atomic E-state index is -0.711. The van der Waals surface area contributed by atoms with Crippen molar-refractivity contribution in [2.75, 3.05) is 0 Å². The van der Waals surface area contributed by atoms with Crippen molar-refractivity contribution in [3.8, 4) is 0 Å². The van der Waals surface area contributed by atoms with Crippen molar-refractivity contribution < 1.29 is 9.90 Å². The topological polar surface area (TPSA) is 37.3 Å². The lowest BCUT2D eigenvalue weighted by Gasteiger charge is -2.21. The fraction of sp³-hybridized carbons (Fsp3) is 0.688. The summed E-state index contributed by atoms with van der Waals surface area (Å²) in [6.07, 6.45) is 10.1. The largest absolute Gasteiger partial charge is 0.390 e. The molecule has 0 bridgehead atoms. The quantitative estimate of drug-likeness (QED) is 0.493. The van der Waals surface area contributed by atoms with Crippen LogP contribution in [0.2, 0.25) is 0 Å². The molecule has 2 nitrogen and oxygen atoms in total. The van der Waals surface area contributed by atoms with Gasteiger partial charge in [0.1, 0.15) is 6.29 Å². The maximum atomic E-state index is 10.3. The Bertz CT molecular complexity index is 294. The van der Waals surface area contributed by atoms with Crippen LogP contribution in [0.4, 0.5) is 0 Å². The number of aldehydes is 1. The van der Waals surface area contributed by atoms with Crippen LogP contribution in [0.15, 0.2) is 23.3 Å². The monoisotopic (exact) mass is 252 g/mol. The van der Waals surface area contributed by atoms with Crippen molar-refractivity contribution in [2.45, 2.75) is 71.8 Å². The van der Waals surface area contributed by atoms with Crippen LogP contribution in [0.3, 0.4) is 0 Å². The third-order valence-electron chi connectivity index (χ3n) is 3.07. The Hall–Kier alpha value is -0.890. The maximum Gasteiger partial charge on any atom is 0.120 e. The standard InChI is InChI=1S/C16H28O2/c1-14(2)8-5-9-15(3)10-6-11-16(4,18)12-7-13-17/h8,10,13,18H,5-7,9,11-12H2,1-4H3/b15-10+. The highest BCUT2D eigenvalue weighted by Crippen LogP contribution is 2.19. The van der Waals surface area contributed by atoms with Gasteiger partial charge in [0.25, 0.3) is 0 Å². The molecule has 1 atom stereocenters. The second-order valence-electron chi connectivity index (χ2n) is 5.61. The predicted octanol–water partition coefficient (Wildman–Crippen LogP) is 4.19. The molecule has 0 aromatic rings. The summed E-state index contributed by atoms with van der Waals surface area (Å²) in [5.74, 6) is 0. The SMILES string of the molecule is CC(C)=CCC/C(C)=C/CCC(C)(O)CCC=O. The molecule has 0 saturated heterocycles. The Labute approximate surface area is 112 Å². The highest BCUT2D eigenvalue weighted by Gasteiger charge is 2.18. The van der Waals surface area contributed by atoms with Crippen molar-refractivity contribution in [1.82, 2.24) is 0 Å². The van der Waals surface area contributed by atoms with Gasteiger partial charge in [0.2, 0.25) is 0 Å². The Morgan fingerprint density at radius 1 is 1.06 bits per heavy atom. The third kappa shape index (κ3) is 10.3. The molecule has 1 unspecified atom stereocenters. The molecule has 0 radical (unpaired) electrons. The van der Waals surface area contributed by atoms with Gasteiger partial charge < -0.3 is 9.90 Å². The van der Waals surface area contributed by atoms with E-state index in [1.807, 2.05) is 6.92 Å². The summed E-state index contributed by atoms with van der Waals surface area (Å²) in [7, 11) is 0. The van der Waals surface area contributed by atoms with Gasteiger partial charge in [0.15, 0.2) is 0 Å². The van der Waals surface area contributed by atoms with Crippen LogP contribution in [0, 0.1) is 0 Å². The van der Waals surface area contributed by atoms with Gasteiger partial charge in [-0.1, -0.05) is 23.3 Å². The Kier molecular flexibility index (Phi) is 8.65. The first-order valence-electron chi connectivity index (χ1n) is 6.82. The van der Waals surface area contributed by atoms with E-state index in [9.17, 15) is 9.90 Å². The van der Waals surface area contributed by atoms with Crippen molar-refractivity contribution in [3.05, 3.63) is 23.3 Å². The van der Waals surface area contributed by atoms with Crippen LogP contribution < -0.4 is 0 Å². The van der Waals surface area contributed by atoms with Gasteiger partial charge in [-0.15, -0.1) is 0 Å². The fourth-order valence-electron chi connectivity index (χ4n) is 1.81. The lowest BCUT2D eigenvalue weighted by Crippen LogP contribution is -2.23. The van der Waals surface area contributed by atoms with Crippen LogP contribution in [0.5, 0.6) is 0 Å². The zero-order valence-electron chi connectivity index (χ0n) is 12.3. The molecule has 0 aromatic carbocycles. The van der Waals surface area contributed by atoms with Crippen molar-refractivity contribution in [3.63, 3.8) is 0 Å². The first-order chi connectivity index (χ1) is 8.37. The molecule has 0 saturated carbocycles. The Morgan fingerprint density at radius 2 is 1.67 bits per heavy atom. The van der Waals surface area contributed by atoms with Gasteiger partial charge in [-0.05, 0) is 59.8 Å². The second-order valence-corrected chi connectivity index (χ2v) is 5.61. The number of aliphatic hydroxyl groups is 1. The lowest BCUT2D eigenvalue weighted by atomic mass is 9.94. The molecule has 0 aliphatic rings. The molecule has 0 aliphatic carbocycles. The summed E-state index contributed by atoms with van der Waals surface area (Å²) in [5.41, 5.74) is 2.02. The van der Waals surface area contributed by atoms with E-state index < -0.39 is 5.60 Å². The molecule has 0 aromatic heterocycles. The van der Waals surface area contributed by atoms with Crippen LogP contribution in [0.25, 0.3) is 0 Å². The maximum absolute atomic E-state index is 10.3. The van der Waals surface area contributed by atoms with Gasteiger partial charge in [-0.25, -0.2) is 0 Å². The molecule has 1 N–H and O–H groups in total. The highest BCUT2D eigenvalue weighted by molar-refractivity contribution is 5.49. The predicted molar refractivity (Wildman–Crippen MR) is 77.6 cm³/mol. The summed E-state index contributed by atoms with van der Waals surface area (Å²) in [6, 6.07) is 0. The zero-order chi connectivity index (χ0) is 14.0. The molecule has 18 heavy (non-hydrogen) atoms. The smallest absolute Gasteiger partial charge is 0.120 e. The van der Waals surface area contributed by atoms with Crippen molar-refractivity contribution in [2.24, 2.45) is 0 Å². The first-order valence-corrected chi connectivity index (χ1v) is 6.82. The summed E-state index contributed by atoms with van der Waals surface area (Å²) in [5, 5.41) is 10.0. The summed E-state index contributed by atoms with van der Waals surface area (Å²) in [4.78, 5) is 10.3. The van der Waals surface area contributed by atoms with Crippen LogP contribution >= 0.6 is 0 Å². The highest BCUT2D eigenvalue weighted by atomic mass is 16.3. The Balaban J connectivity index is 3.92. The van der Waals surface area contributed by atoms with Gasteiger partial charge in [-0.2, -0.15) is 0 Å². The van der Waals surface area contributed by atoms with E-state index in [0.29, 0.717) is 12.8 Å². The summed E-state index contributed by atoms with van der Waals surface area (Å²) < 4.78 is 0. The molecular weight excluding hydrogens is 224 g/mol. The fourth-order valence-corrected chi connectivity index (χ4v) is 1.81. The van der Waals surface area contributed by atoms with E-state index in [2.05, 4.69) is 32.9 Å². The zero-order valence-corrected chi connectivity index (χ0v) is 12.3. The van der Waals surface area contributed by atoms with Crippen molar-refractivity contribution >= 4 is 6.29 Å². The van der Waals surface area contributed by atoms with Gasteiger partial charge >= 0.3 is 0 Å². The van der Waals surface area contributed by atoms with E-state index in [4.69, 9.17) is 0 Å². The van der Waals surface area contributed by atoms with E-state index in [0.717, 1.165) is 32.0 Å². The average Bonchev–Trinajstić information content (AvgIpc) is 2.25. The minimum absolute atomic E-state index is 0.441. The number of allylic oxidation sites excluding steroid dienone is 4. The van der Waals surface area contributed by atoms with Gasteiger partial charge in [-0.3, -0.25) is 0 Å². The second kappa shape index (κ2) is 9.09. The molecule has 0 rings (SSSR count). The van der Waals surface area contributed by atoms with Crippen LogP contribution in [-0.2, 0) is 4.79 Å². The van der Waals surface area contributed by atoms with E-state index >= 15 is 0 Å². The summed E-state index contributed by atoms with van der Waals surface area (Å²) in [6.45, 7) is 8.17. The molecule has 0 aliphatic heterocycles. The average molecular weight is 252 g/mol. The molecule has 0 fully saturated rings. The van der Waals surface area contributed by atoms with Crippen LogP contribution in [0.1, 0.15) is 66.2 Å². The number of rotatable bonds is 9. The molecule has 0 spiro atoms.